The summed E-state index contributed by atoms with van der Waals surface area (Å²) in [7, 11) is -3.47. The van der Waals surface area contributed by atoms with E-state index in [9.17, 15) is 13.2 Å². The molecule has 0 saturated heterocycles. The van der Waals surface area contributed by atoms with Crippen LogP contribution in [0, 0.1) is 11.8 Å². The van der Waals surface area contributed by atoms with E-state index in [0.717, 1.165) is 11.3 Å². The molecule has 0 bridgehead atoms. The van der Waals surface area contributed by atoms with Crippen LogP contribution in [0.4, 0.5) is 10.9 Å². The molecule has 6 rings (SSSR count). The number of ether oxygens (including phenoxy) is 1. The predicted molar refractivity (Wildman–Crippen MR) is 133 cm³/mol. The fraction of sp³-hybridized carbons (Fsp3) is 0.478. The highest BCUT2D eigenvalue weighted by atomic mass is 32.2. The number of hydrogen-bond acceptors (Lipinski definition) is 10. The SMILES string of the molecule is CCOc1cncc(-c2cnc(NC(=O)C3(c4nccc(NS(=O)(=O)C5CC5)n4)CC4CC4C3)s2)n1. The van der Waals surface area contributed by atoms with Gasteiger partial charge >= 0.3 is 0 Å². The van der Waals surface area contributed by atoms with Crippen LogP contribution in [0.15, 0.2) is 30.9 Å². The minimum atomic E-state index is -3.47. The zero-order chi connectivity index (χ0) is 24.9. The molecule has 36 heavy (non-hydrogen) atoms. The first-order chi connectivity index (χ1) is 17.4. The molecule has 0 aliphatic heterocycles. The molecule has 0 radical (unpaired) electrons. The summed E-state index contributed by atoms with van der Waals surface area (Å²) in [4.78, 5) is 36.3. The van der Waals surface area contributed by atoms with Crippen LogP contribution in [0.25, 0.3) is 10.6 Å². The minimum Gasteiger partial charge on any atom is -0.477 e. The van der Waals surface area contributed by atoms with Gasteiger partial charge in [0.1, 0.15) is 22.8 Å². The lowest BCUT2D eigenvalue weighted by molar-refractivity contribution is -0.122. The van der Waals surface area contributed by atoms with Crippen LogP contribution < -0.4 is 14.8 Å². The second-order valence-corrected chi connectivity index (χ2v) is 12.5. The molecule has 3 aromatic heterocycles. The van der Waals surface area contributed by atoms with Crippen molar-refractivity contribution in [2.75, 3.05) is 16.6 Å². The third-order valence-electron chi connectivity index (χ3n) is 6.90. The molecule has 188 valence electrons. The lowest BCUT2D eigenvalue weighted by Gasteiger charge is -2.27. The van der Waals surface area contributed by atoms with Crippen molar-refractivity contribution in [3.63, 3.8) is 0 Å². The standard InChI is InChI=1S/C23H25N7O4S2/c1-2-34-19-12-24-10-16(27-19)17-11-26-22(35-17)29-21(31)23(8-13-7-14(13)9-23)20-25-6-5-18(28-20)30-36(32,33)15-3-4-15/h5-6,10-15H,2-4,7-9H2,1H3,(H,25,28,30)(H,26,29,31). The Labute approximate surface area is 212 Å². The maximum absolute atomic E-state index is 13.7. The van der Waals surface area contributed by atoms with Crippen LogP contribution in [-0.2, 0) is 20.2 Å². The molecule has 0 aromatic carbocycles. The van der Waals surface area contributed by atoms with Crippen molar-refractivity contribution in [1.29, 1.82) is 0 Å². The van der Waals surface area contributed by atoms with Crippen molar-refractivity contribution < 1.29 is 17.9 Å². The number of rotatable bonds is 9. The molecule has 13 heteroatoms. The number of carbonyl (C=O) groups excluding carboxylic acids is 1. The van der Waals surface area contributed by atoms with Crippen LogP contribution in [0.2, 0.25) is 0 Å². The summed E-state index contributed by atoms with van der Waals surface area (Å²) in [6.45, 7) is 2.36. The highest BCUT2D eigenvalue weighted by molar-refractivity contribution is 7.93. The van der Waals surface area contributed by atoms with E-state index >= 15 is 0 Å². The summed E-state index contributed by atoms with van der Waals surface area (Å²) in [6, 6.07) is 1.52. The van der Waals surface area contributed by atoms with E-state index in [2.05, 4.69) is 35.0 Å². The number of anilines is 2. The Hall–Kier alpha value is -3.19. The molecule has 3 saturated carbocycles. The molecule has 1 amide bonds. The Balaban J connectivity index is 1.24. The lowest BCUT2D eigenvalue weighted by atomic mass is 9.81. The molecule has 0 spiro atoms. The summed E-state index contributed by atoms with van der Waals surface area (Å²) < 4.78 is 32.8. The molecule has 2 unspecified atom stereocenters. The molecule has 3 aliphatic carbocycles. The summed E-state index contributed by atoms with van der Waals surface area (Å²) >= 11 is 1.29. The van der Waals surface area contributed by atoms with E-state index in [1.54, 1.807) is 18.6 Å². The number of amides is 1. The number of carbonyl (C=O) groups is 1. The first kappa shape index (κ1) is 23.2. The highest BCUT2D eigenvalue weighted by Gasteiger charge is 2.59. The van der Waals surface area contributed by atoms with Gasteiger partial charge in [-0.05, 0) is 56.9 Å². The minimum absolute atomic E-state index is 0.198. The molecule has 2 atom stereocenters. The van der Waals surface area contributed by atoms with Gasteiger partial charge in [-0.3, -0.25) is 14.5 Å². The van der Waals surface area contributed by atoms with E-state index in [4.69, 9.17) is 4.74 Å². The molecule has 3 heterocycles. The van der Waals surface area contributed by atoms with Crippen LogP contribution in [0.3, 0.4) is 0 Å². The summed E-state index contributed by atoms with van der Waals surface area (Å²) in [5.41, 5.74) is -0.329. The number of nitrogens with zero attached hydrogens (tertiary/aromatic N) is 5. The Morgan fingerprint density at radius 1 is 1.17 bits per heavy atom. The largest absolute Gasteiger partial charge is 0.477 e. The number of hydrogen-bond donors (Lipinski definition) is 2. The fourth-order valence-electron chi connectivity index (χ4n) is 4.86. The quantitative estimate of drug-likeness (QED) is 0.428. The topological polar surface area (TPSA) is 149 Å². The first-order valence-corrected chi connectivity index (χ1v) is 14.3. The molecule has 11 nitrogen and oxygen atoms in total. The number of aromatic nitrogens is 5. The van der Waals surface area contributed by atoms with E-state index in [-0.39, 0.29) is 17.0 Å². The smallest absolute Gasteiger partial charge is 0.240 e. The average molecular weight is 528 g/mol. The normalized spacial score (nSPS) is 24.7. The monoisotopic (exact) mass is 527 g/mol. The third kappa shape index (κ3) is 4.41. The predicted octanol–water partition coefficient (Wildman–Crippen LogP) is 3.00. The van der Waals surface area contributed by atoms with Crippen molar-refractivity contribution in [2.24, 2.45) is 11.8 Å². The maximum Gasteiger partial charge on any atom is 0.240 e. The molecular formula is C23H25N7O4S2. The zero-order valence-electron chi connectivity index (χ0n) is 19.5. The van der Waals surface area contributed by atoms with E-state index in [1.807, 2.05) is 6.92 Å². The van der Waals surface area contributed by atoms with Crippen molar-refractivity contribution in [3.8, 4) is 16.5 Å². The average Bonchev–Trinajstić information content (AvgIpc) is 3.77. The first-order valence-electron chi connectivity index (χ1n) is 11.9. The maximum atomic E-state index is 13.7. The van der Waals surface area contributed by atoms with Crippen LogP contribution >= 0.6 is 11.3 Å². The second kappa shape index (κ2) is 8.73. The van der Waals surface area contributed by atoms with Crippen molar-refractivity contribution in [2.45, 2.75) is 49.7 Å². The third-order valence-corrected chi connectivity index (χ3v) is 9.68. The van der Waals surface area contributed by atoms with E-state index < -0.39 is 15.4 Å². The van der Waals surface area contributed by atoms with Gasteiger partial charge in [-0.2, -0.15) is 0 Å². The Kier molecular flexibility index (Phi) is 5.63. The fourth-order valence-corrected chi connectivity index (χ4v) is 6.96. The van der Waals surface area contributed by atoms with Gasteiger partial charge in [-0.25, -0.2) is 28.4 Å². The summed E-state index contributed by atoms with van der Waals surface area (Å²) in [5.74, 6) is 1.64. The Bertz CT molecular complexity index is 1410. The van der Waals surface area contributed by atoms with Crippen LogP contribution in [0.1, 0.15) is 44.9 Å². The molecule has 3 aromatic rings. The summed E-state index contributed by atoms with van der Waals surface area (Å²) in [5, 5.41) is 3.02. The van der Waals surface area contributed by atoms with Gasteiger partial charge in [-0.15, -0.1) is 0 Å². The molecular weight excluding hydrogens is 502 g/mol. The highest BCUT2D eigenvalue weighted by Crippen LogP contribution is 2.60. The van der Waals surface area contributed by atoms with Gasteiger partial charge in [0.15, 0.2) is 5.13 Å². The molecule has 3 aliphatic rings. The van der Waals surface area contributed by atoms with Gasteiger partial charge in [-0.1, -0.05) is 11.3 Å². The zero-order valence-corrected chi connectivity index (χ0v) is 21.2. The number of thiazole rings is 1. The van der Waals surface area contributed by atoms with Gasteiger partial charge in [0.2, 0.25) is 21.8 Å². The Morgan fingerprint density at radius 3 is 2.72 bits per heavy atom. The van der Waals surface area contributed by atoms with Crippen LogP contribution in [-0.4, -0.2) is 51.1 Å². The van der Waals surface area contributed by atoms with Gasteiger partial charge in [0.05, 0.1) is 29.1 Å². The number of nitrogens with one attached hydrogen (secondary N) is 2. The van der Waals surface area contributed by atoms with Gasteiger partial charge in [0, 0.05) is 12.4 Å². The van der Waals surface area contributed by atoms with E-state index in [0.29, 0.717) is 66.7 Å². The Morgan fingerprint density at radius 2 is 1.97 bits per heavy atom. The van der Waals surface area contributed by atoms with Crippen molar-refractivity contribution in [1.82, 2.24) is 24.9 Å². The second-order valence-electron chi connectivity index (χ2n) is 9.52. The molecule has 3 fully saturated rings. The van der Waals surface area contributed by atoms with E-state index in [1.165, 1.54) is 23.6 Å². The summed E-state index contributed by atoms with van der Waals surface area (Å²) in [6.07, 6.45) is 9.98. The van der Waals surface area contributed by atoms with Gasteiger partial charge in [0.25, 0.3) is 0 Å². The molecule has 2 N–H and O–H groups in total. The number of fused-ring (bicyclic) bond motifs is 1. The lowest BCUT2D eigenvalue weighted by Crippen LogP contribution is -2.41. The van der Waals surface area contributed by atoms with Crippen LogP contribution in [0.5, 0.6) is 5.88 Å². The van der Waals surface area contributed by atoms with Crippen molar-refractivity contribution >= 4 is 38.2 Å². The number of sulfonamides is 1. The van der Waals surface area contributed by atoms with Crippen molar-refractivity contribution in [3.05, 3.63) is 36.7 Å². The van der Waals surface area contributed by atoms with Gasteiger partial charge < -0.3 is 10.1 Å².